The van der Waals surface area contributed by atoms with E-state index in [2.05, 4.69) is 21.5 Å². The van der Waals surface area contributed by atoms with Gasteiger partial charge in [0.05, 0.1) is 11.9 Å². The van der Waals surface area contributed by atoms with Crippen molar-refractivity contribution >= 4 is 5.91 Å². The van der Waals surface area contributed by atoms with Gasteiger partial charge < -0.3 is 11.1 Å². The molecule has 0 aromatic carbocycles. The van der Waals surface area contributed by atoms with Gasteiger partial charge in [-0.2, -0.15) is 0 Å². The highest BCUT2D eigenvalue weighted by Gasteiger charge is 2.10. The van der Waals surface area contributed by atoms with Crippen LogP contribution in [0.3, 0.4) is 0 Å². The highest BCUT2D eigenvalue weighted by atomic mass is 16.2. The first-order chi connectivity index (χ1) is 8.19. The van der Waals surface area contributed by atoms with Gasteiger partial charge in [0.15, 0.2) is 0 Å². The number of rotatable bonds is 6. The summed E-state index contributed by atoms with van der Waals surface area (Å²) in [6.45, 7) is 2.43. The quantitative estimate of drug-likeness (QED) is 0.660. The summed E-state index contributed by atoms with van der Waals surface area (Å²) in [5.41, 5.74) is 6.06. The summed E-state index contributed by atoms with van der Waals surface area (Å²) >= 11 is 0. The van der Waals surface area contributed by atoms with Crippen LogP contribution in [-0.4, -0.2) is 26.9 Å². The molecule has 0 fully saturated rings. The van der Waals surface area contributed by atoms with E-state index in [0.717, 1.165) is 6.42 Å². The Morgan fingerprint density at radius 2 is 2.53 bits per heavy atom. The van der Waals surface area contributed by atoms with Crippen molar-refractivity contribution in [3.63, 3.8) is 0 Å². The molecule has 1 atom stereocenters. The van der Waals surface area contributed by atoms with E-state index in [1.807, 2.05) is 6.92 Å². The molecule has 17 heavy (non-hydrogen) atoms. The van der Waals surface area contributed by atoms with Crippen LogP contribution in [0.2, 0.25) is 0 Å². The molecule has 1 aromatic rings. The van der Waals surface area contributed by atoms with Crippen molar-refractivity contribution in [2.24, 2.45) is 5.73 Å². The Kier molecular flexibility index (Phi) is 5.17. The van der Waals surface area contributed by atoms with Crippen LogP contribution in [0.15, 0.2) is 6.20 Å². The second kappa shape index (κ2) is 6.66. The predicted octanol–water partition coefficient (Wildman–Crippen LogP) is -0.345. The highest BCUT2D eigenvalue weighted by Crippen LogP contribution is 1.97. The fourth-order valence-electron chi connectivity index (χ4n) is 1.37. The topological polar surface area (TPSA) is 85.8 Å². The first-order valence-corrected chi connectivity index (χ1v) is 5.51. The Hall–Kier alpha value is -1.87. The number of carbonyl (C=O) groups excluding carboxylic acids is 1. The van der Waals surface area contributed by atoms with Crippen molar-refractivity contribution in [1.29, 1.82) is 0 Å². The van der Waals surface area contributed by atoms with E-state index in [9.17, 15) is 4.79 Å². The lowest BCUT2D eigenvalue weighted by atomic mass is 10.1. The summed E-state index contributed by atoms with van der Waals surface area (Å²) in [5, 5.41) is 10.4. The zero-order valence-corrected chi connectivity index (χ0v) is 9.89. The second-order valence-corrected chi connectivity index (χ2v) is 3.69. The monoisotopic (exact) mass is 235 g/mol. The third kappa shape index (κ3) is 4.25. The minimum absolute atomic E-state index is 0.0185. The van der Waals surface area contributed by atoms with E-state index in [-0.39, 0.29) is 18.5 Å². The summed E-state index contributed by atoms with van der Waals surface area (Å²) < 4.78 is 1.46. The summed E-state index contributed by atoms with van der Waals surface area (Å²) in [4.78, 5) is 11.7. The van der Waals surface area contributed by atoms with Crippen molar-refractivity contribution in [1.82, 2.24) is 20.3 Å². The molecule has 3 N–H and O–H groups in total. The average Bonchev–Trinajstić information content (AvgIpc) is 2.76. The predicted molar refractivity (Wildman–Crippen MR) is 63.6 cm³/mol. The second-order valence-electron chi connectivity index (χ2n) is 3.69. The minimum Gasteiger partial charge on any atom is -0.351 e. The number of amides is 1. The molecule has 1 aromatic heterocycles. The fourth-order valence-corrected chi connectivity index (χ4v) is 1.37. The fraction of sp³-hybridized carbons (Fsp3) is 0.545. The maximum absolute atomic E-state index is 11.7. The molecule has 6 heteroatoms. The molecule has 0 aliphatic heterocycles. The minimum atomic E-state index is -0.124. The van der Waals surface area contributed by atoms with Crippen molar-refractivity contribution in [2.45, 2.75) is 38.9 Å². The highest BCUT2D eigenvalue weighted by molar-refractivity contribution is 5.75. The van der Waals surface area contributed by atoms with Crippen LogP contribution in [0.4, 0.5) is 0 Å². The Bertz CT molecular complexity index is 406. The van der Waals surface area contributed by atoms with E-state index >= 15 is 0 Å². The van der Waals surface area contributed by atoms with Crippen LogP contribution < -0.4 is 11.1 Å². The molecule has 0 saturated heterocycles. The van der Waals surface area contributed by atoms with Crippen molar-refractivity contribution < 1.29 is 4.79 Å². The lowest BCUT2D eigenvalue weighted by Gasteiger charge is -2.13. The van der Waals surface area contributed by atoms with Gasteiger partial charge in [-0.3, -0.25) is 4.79 Å². The third-order valence-corrected chi connectivity index (χ3v) is 2.32. The van der Waals surface area contributed by atoms with Gasteiger partial charge in [0, 0.05) is 19.0 Å². The van der Waals surface area contributed by atoms with Crippen LogP contribution >= 0.6 is 0 Å². The maximum Gasteiger partial charge on any atom is 0.242 e. The molecule has 1 rings (SSSR count). The van der Waals surface area contributed by atoms with Crippen molar-refractivity contribution in [3.8, 4) is 12.3 Å². The van der Waals surface area contributed by atoms with Gasteiger partial charge in [-0.05, 0) is 6.42 Å². The molecule has 1 amide bonds. The van der Waals surface area contributed by atoms with Crippen molar-refractivity contribution in [2.75, 3.05) is 0 Å². The molecular weight excluding hydrogens is 218 g/mol. The molecule has 0 aliphatic carbocycles. The SMILES string of the molecule is C#CCC(CC)NC(=O)Cn1cc(CN)nn1. The molecule has 1 unspecified atom stereocenters. The Morgan fingerprint density at radius 1 is 1.76 bits per heavy atom. The molecule has 0 bridgehead atoms. The number of nitrogens with one attached hydrogen (secondary N) is 1. The largest absolute Gasteiger partial charge is 0.351 e. The Balaban J connectivity index is 2.46. The van der Waals surface area contributed by atoms with Gasteiger partial charge in [-0.1, -0.05) is 12.1 Å². The molecule has 0 spiro atoms. The van der Waals surface area contributed by atoms with E-state index in [1.54, 1.807) is 6.20 Å². The standard InChI is InChI=1S/C11H17N5O/c1-3-5-9(4-2)13-11(17)8-16-7-10(6-12)14-15-16/h1,7,9H,4-6,8,12H2,2H3,(H,13,17). The molecule has 6 nitrogen and oxygen atoms in total. The van der Waals surface area contributed by atoms with E-state index in [4.69, 9.17) is 12.2 Å². The molecule has 1 heterocycles. The molecule has 0 radical (unpaired) electrons. The lowest BCUT2D eigenvalue weighted by molar-refractivity contribution is -0.122. The number of hydrogen-bond acceptors (Lipinski definition) is 4. The summed E-state index contributed by atoms with van der Waals surface area (Å²) in [7, 11) is 0. The zero-order chi connectivity index (χ0) is 12.7. The number of nitrogens with zero attached hydrogens (tertiary/aromatic N) is 3. The van der Waals surface area contributed by atoms with Gasteiger partial charge in [-0.15, -0.1) is 17.4 Å². The zero-order valence-electron chi connectivity index (χ0n) is 9.89. The number of carbonyl (C=O) groups is 1. The first kappa shape index (κ1) is 13.2. The molecular formula is C11H17N5O. The average molecular weight is 235 g/mol. The molecule has 0 saturated carbocycles. The Labute approximate surface area is 101 Å². The first-order valence-electron chi connectivity index (χ1n) is 5.51. The van der Waals surface area contributed by atoms with E-state index in [1.165, 1.54) is 4.68 Å². The van der Waals surface area contributed by atoms with E-state index < -0.39 is 0 Å². The molecule has 92 valence electrons. The number of nitrogens with two attached hydrogens (primary N) is 1. The summed E-state index contributed by atoms with van der Waals surface area (Å²) in [6.07, 6.45) is 8.21. The smallest absolute Gasteiger partial charge is 0.242 e. The lowest BCUT2D eigenvalue weighted by Crippen LogP contribution is -2.36. The third-order valence-electron chi connectivity index (χ3n) is 2.32. The summed E-state index contributed by atoms with van der Waals surface area (Å²) in [5.74, 6) is 2.41. The van der Waals surface area contributed by atoms with Crippen LogP contribution in [0.5, 0.6) is 0 Å². The van der Waals surface area contributed by atoms with Gasteiger partial charge in [0.2, 0.25) is 5.91 Å². The normalized spacial score (nSPS) is 11.8. The van der Waals surface area contributed by atoms with Gasteiger partial charge in [-0.25, -0.2) is 4.68 Å². The van der Waals surface area contributed by atoms with Gasteiger partial charge >= 0.3 is 0 Å². The number of aromatic nitrogens is 3. The van der Waals surface area contributed by atoms with Crippen LogP contribution in [0.25, 0.3) is 0 Å². The van der Waals surface area contributed by atoms with Crippen LogP contribution in [0.1, 0.15) is 25.5 Å². The van der Waals surface area contributed by atoms with Crippen molar-refractivity contribution in [3.05, 3.63) is 11.9 Å². The molecule has 0 aliphatic rings. The van der Waals surface area contributed by atoms with Crippen LogP contribution in [0, 0.1) is 12.3 Å². The Morgan fingerprint density at radius 3 is 3.06 bits per heavy atom. The van der Waals surface area contributed by atoms with Gasteiger partial charge in [0.25, 0.3) is 0 Å². The van der Waals surface area contributed by atoms with Gasteiger partial charge in [0.1, 0.15) is 6.54 Å². The number of terminal acetylenes is 1. The maximum atomic E-state index is 11.7. The van der Waals surface area contributed by atoms with E-state index in [0.29, 0.717) is 18.7 Å². The summed E-state index contributed by atoms with van der Waals surface area (Å²) in [6, 6.07) is 0.0185. The number of hydrogen-bond donors (Lipinski definition) is 2. The van der Waals surface area contributed by atoms with Crippen LogP contribution in [-0.2, 0) is 17.9 Å².